The molecule has 1 heterocycles. The zero-order valence-electron chi connectivity index (χ0n) is 14.2. The molecule has 8 heteroatoms. The largest absolute Gasteiger partial charge is 0.441 e. The van der Waals surface area contributed by atoms with Gasteiger partial charge in [0.15, 0.2) is 5.69 Å². The second kappa shape index (κ2) is 8.30. The zero-order valence-corrected chi connectivity index (χ0v) is 15.8. The Hall–Kier alpha value is -2.74. The van der Waals surface area contributed by atoms with Crippen molar-refractivity contribution in [3.63, 3.8) is 0 Å². The first-order valence-electron chi connectivity index (χ1n) is 7.98. The van der Waals surface area contributed by atoms with Crippen LogP contribution in [-0.4, -0.2) is 17.5 Å². The number of aromatic nitrogens is 1. The van der Waals surface area contributed by atoms with Gasteiger partial charge in [-0.3, -0.25) is 4.79 Å². The summed E-state index contributed by atoms with van der Waals surface area (Å²) >= 11 is 3.27. The number of oxazole rings is 1. The van der Waals surface area contributed by atoms with E-state index in [0.29, 0.717) is 21.7 Å². The first-order valence-corrected chi connectivity index (χ1v) is 8.77. The van der Waals surface area contributed by atoms with Crippen LogP contribution < -0.4 is 10.1 Å². The van der Waals surface area contributed by atoms with Gasteiger partial charge >= 0.3 is 6.61 Å². The summed E-state index contributed by atoms with van der Waals surface area (Å²) in [6.45, 7) is -1.32. The van der Waals surface area contributed by atoms with E-state index in [4.69, 9.17) is 4.42 Å². The number of aryl methyl sites for hydroxylation is 1. The molecule has 1 N–H and O–H groups in total. The molecule has 1 aromatic heterocycles. The summed E-state index contributed by atoms with van der Waals surface area (Å²) in [5, 5.41) is 2.65. The molecule has 0 saturated heterocycles. The average Bonchev–Trinajstić information content (AvgIpc) is 3.04. The fourth-order valence-corrected chi connectivity index (χ4v) is 2.88. The van der Waals surface area contributed by atoms with E-state index in [-0.39, 0.29) is 18.0 Å². The van der Waals surface area contributed by atoms with Crippen molar-refractivity contribution in [2.75, 3.05) is 0 Å². The van der Waals surface area contributed by atoms with Crippen LogP contribution in [0, 0.1) is 6.92 Å². The van der Waals surface area contributed by atoms with Gasteiger partial charge in [0.05, 0.1) is 0 Å². The minimum Gasteiger partial charge on any atom is -0.441 e. The molecule has 0 atom stereocenters. The number of benzene rings is 2. The first kappa shape index (κ1) is 19.0. The predicted octanol–water partition coefficient (Wildman–Crippen LogP) is 4.94. The first-order chi connectivity index (χ1) is 12.9. The molecular formula is C19H15BrF2N2O3. The van der Waals surface area contributed by atoms with E-state index in [0.717, 1.165) is 5.56 Å². The maximum atomic E-state index is 12.5. The quantitative estimate of drug-likeness (QED) is 0.593. The monoisotopic (exact) mass is 436 g/mol. The smallest absolute Gasteiger partial charge is 0.387 e. The lowest BCUT2D eigenvalue weighted by Gasteiger charge is -2.11. The molecule has 140 valence electrons. The Bertz CT molecular complexity index is 945. The molecule has 0 unspecified atom stereocenters. The molecule has 3 rings (SSSR count). The van der Waals surface area contributed by atoms with Crippen LogP contribution in [-0.2, 0) is 6.54 Å². The fraction of sp³-hybridized carbons (Fsp3) is 0.158. The Morgan fingerprint density at radius 1 is 1.26 bits per heavy atom. The highest BCUT2D eigenvalue weighted by Gasteiger charge is 2.19. The number of amides is 1. The molecule has 27 heavy (non-hydrogen) atoms. The van der Waals surface area contributed by atoms with Crippen molar-refractivity contribution in [1.82, 2.24) is 10.3 Å². The van der Waals surface area contributed by atoms with Crippen molar-refractivity contribution in [2.45, 2.75) is 20.1 Å². The lowest BCUT2D eigenvalue weighted by molar-refractivity contribution is -0.0504. The standard InChI is InChI=1S/C19H15BrF2N2O3/c1-11-16(24-18(26-11)12-5-3-2-4-6-12)17(25)23-10-13-9-14(20)7-8-15(13)27-19(21)22/h2-9,19H,10H2,1H3,(H,23,25). The van der Waals surface area contributed by atoms with E-state index in [1.165, 1.54) is 6.07 Å². The Kier molecular flexibility index (Phi) is 5.85. The van der Waals surface area contributed by atoms with Crippen molar-refractivity contribution in [3.8, 4) is 17.2 Å². The van der Waals surface area contributed by atoms with Crippen LogP contribution in [0.5, 0.6) is 5.75 Å². The van der Waals surface area contributed by atoms with Crippen LogP contribution in [0.25, 0.3) is 11.5 Å². The molecule has 0 fully saturated rings. The number of halogens is 3. The number of nitrogens with zero attached hydrogens (tertiary/aromatic N) is 1. The van der Waals surface area contributed by atoms with Gasteiger partial charge < -0.3 is 14.5 Å². The zero-order chi connectivity index (χ0) is 19.4. The van der Waals surface area contributed by atoms with Gasteiger partial charge in [0, 0.05) is 22.1 Å². The normalized spacial score (nSPS) is 10.9. The molecule has 0 radical (unpaired) electrons. The van der Waals surface area contributed by atoms with Crippen molar-refractivity contribution >= 4 is 21.8 Å². The van der Waals surface area contributed by atoms with E-state index >= 15 is 0 Å². The summed E-state index contributed by atoms with van der Waals surface area (Å²) < 4.78 is 35.8. The highest BCUT2D eigenvalue weighted by Crippen LogP contribution is 2.25. The van der Waals surface area contributed by atoms with Crippen LogP contribution in [0.4, 0.5) is 8.78 Å². The summed E-state index contributed by atoms with van der Waals surface area (Å²) in [6, 6.07) is 13.8. The van der Waals surface area contributed by atoms with Gasteiger partial charge in [0.1, 0.15) is 11.5 Å². The lowest BCUT2D eigenvalue weighted by Crippen LogP contribution is -2.24. The van der Waals surface area contributed by atoms with Crippen LogP contribution >= 0.6 is 15.9 Å². The molecule has 0 saturated carbocycles. The van der Waals surface area contributed by atoms with Crippen molar-refractivity contribution in [3.05, 3.63) is 70.0 Å². The van der Waals surface area contributed by atoms with E-state index < -0.39 is 12.5 Å². The second-order valence-electron chi connectivity index (χ2n) is 5.60. The number of hydrogen-bond acceptors (Lipinski definition) is 4. The Labute approximate surface area is 162 Å². The van der Waals surface area contributed by atoms with Gasteiger partial charge in [-0.05, 0) is 37.3 Å². The van der Waals surface area contributed by atoms with Crippen molar-refractivity contribution in [2.24, 2.45) is 0 Å². The maximum Gasteiger partial charge on any atom is 0.387 e. The van der Waals surface area contributed by atoms with Crippen molar-refractivity contribution < 1.29 is 22.7 Å². The summed E-state index contributed by atoms with van der Waals surface area (Å²) in [5.41, 5.74) is 1.29. The number of rotatable bonds is 6. The number of alkyl halides is 2. The molecule has 0 aliphatic heterocycles. The van der Waals surface area contributed by atoms with Gasteiger partial charge in [-0.1, -0.05) is 34.1 Å². The van der Waals surface area contributed by atoms with E-state index in [2.05, 4.69) is 31.0 Å². The Morgan fingerprint density at radius 2 is 2.00 bits per heavy atom. The topological polar surface area (TPSA) is 64.4 Å². The van der Waals surface area contributed by atoms with Gasteiger partial charge in [0.2, 0.25) is 5.89 Å². The highest BCUT2D eigenvalue weighted by atomic mass is 79.9. The average molecular weight is 437 g/mol. The number of hydrogen-bond donors (Lipinski definition) is 1. The summed E-state index contributed by atoms with van der Waals surface area (Å²) in [4.78, 5) is 16.7. The van der Waals surface area contributed by atoms with Gasteiger partial charge in [-0.2, -0.15) is 8.78 Å². The highest BCUT2D eigenvalue weighted by molar-refractivity contribution is 9.10. The summed E-state index contributed by atoms with van der Waals surface area (Å²) in [7, 11) is 0. The lowest BCUT2D eigenvalue weighted by atomic mass is 10.2. The third-order valence-electron chi connectivity index (χ3n) is 3.71. The molecule has 5 nitrogen and oxygen atoms in total. The van der Waals surface area contributed by atoms with E-state index in [1.807, 2.05) is 30.3 Å². The van der Waals surface area contributed by atoms with Crippen LogP contribution in [0.2, 0.25) is 0 Å². The number of ether oxygens (including phenoxy) is 1. The van der Waals surface area contributed by atoms with Gasteiger partial charge in [0.25, 0.3) is 5.91 Å². The van der Waals surface area contributed by atoms with Crippen LogP contribution in [0.1, 0.15) is 21.8 Å². The SMILES string of the molecule is Cc1oc(-c2ccccc2)nc1C(=O)NCc1cc(Br)ccc1OC(F)F. The number of nitrogens with one attached hydrogen (secondary N) is 1. The van der Waals surface area contributed by atoms with Gasteiger partial charge in [-0.15, -0.1) is 0 Å². The van der Waals surface area contributed by atoms with E-state index in [9.17, 15) is 13.6 Å². The molecule has 0 aliphatic rings. The van der Waals surface area contributed by atoms with Crippen LogP contribution in [0.3, 0.4) is 0 Å². The molecule has 3 aromatic rings. The summed E-state index contributed by atoms with van der Waals surface area (Å²) in [6.07, 6.45) is 0. The molecule has 0 aliphatic carbocycles. The summed E-state index contributed by atoms with van der Waals surface area (Å²) in [5.74, 6) is 0.226. The molecule has 0 spiro atoms. The molecule has 0 bridgehead atoms. The van der Waals surface area contributed by atoms with Crippen LogP contribution in [0.15, 0.2) is 57.4 Å². The minimum atomic E-state index is -2.95. The number of carbonyl (C=O) groups is 1. The maximum absolute atomic E-state index is 12.5. The third kappa shape index (κ3) is 4.71. The molecule has 1 amide bonds. The van der Waals surface area contributed by atoms with E-state index in [1.54, 1.807) is 19.1 Å². The number of carbonyl (C=O) groups excluding carboxylic acids is 1. The molecular weight excluding hydrogens is 422 g/mol. The van der Waals surface area contributed by atoms with Gasteiger partial charge in [-0.25, -0.2) is 4.98 Å². The third-order valence-corrected chi connectivity index (χ3v) is 4.20. The van der Waals surface area contributed by atoms with Crippen molar-refractivity contribution in [1.29, 1.82) is 0 Å². The second-order valence-corrected chi connectivity index (χ2v) is 6.52. The Balaban J connectivity index is 1.75. The predicted molar refractivity (Wildman–Crippen MR) is 98.6 cm³/mol. The fourth-order valence-electron chi connectivity index (χ4n) is 2.47. The Morgan fingerprint density at radius 3 is 2.70 bits per heavy atom. The minimum absolute atomic E-state index is 0.00431. The molecule has 2 aromatic carbocycles.